The minimum atomic E-state index is -1.27. The van der Waals surface area contributed by atoms with Gasteiger partial charge in [-0.3, -0.25) is 24.0 Å². The standard InChI is InChI=1S/C45H69N5O10/c1-14-26(4)37-43(56)49(12)32(10)45(58)59-38(27(5)15-2)30(8)35(51)23-22-29(7)44(57)60-39(28(6)16-3)40(53)46-31(9)41(54)50(13)34(24-33-20-18-17-19-21-33)42(55)48(11)25-36(52)47-37/h15,17-22,26,28,30-32,34-35,37-39,51H,14,16,23-25H2,1-13H3,(H,46,53)(H,47,52)/b27-15+,29-22+/t26-,28-,30-,31-,32-,34-,35-,37-,38-,39+/m0/s1. The molecule has 1 aliphatic rings. The van der Waals surface area contributed by atoms with Crippen LogP contribution in [0.1, 0.15) is 94.1 Å². The molecule has 15 heteroatoms. The highest BCUT2D eigenvalue weighted by molar-refractivity contribution is 5.96. The van der Waals surface area contributed by atoms with Gasteiger partial charge in [0.05, 0.1) is 12.6 Å². The van der Waals surface area contributed by atoms with Gasteiger partial charge in [0.25, 0.3) is 5.91 Å². The summed E-state index contributed by atoms with van der Waals surface area (Å²) in [7, 11) is 4.31. The molecule has 1 aromatic rings. The second-order valence-electron chi connectivity index (χ2n) is 16.3. The summed E-state index contributed by atoms with van der Waals surface area (Å²) in [6.07, 6.45) is 1.02. The van der Waals surface area contributed by atoms with Crippen LogP contribution in [0.15, 0.2) is 53.6 Å². The number of carbonyl (C=O) groups excluding carboxylic acids is 7. The van der Waals surface area contributed by atoms with Gasteiger partial charge in [-0.1, -0.05) is 83.5 Å². The largest absolute Gasteiger partial charge is 0.456 e. The summed E-state index contributed by atoms with van der Waals surface area (Å²) in [4.78, 5) is 100. The van der Waals surface area contributed by atoms with Crippen LogP contribution in [-0.2, 0) is 49.5 Å². The summed E-state index contributed by atoms with van der Waals surface area (Å²) in [6.45, 7) is 16.5. The van der Waals surface area contributed by atoms with E-state index in [1.54, 1.807) is 65.0 Å². The zero-order valence-electron chi connectivity index (χ0n) is 37.8. The summed E-state index contributed by atoms with van der Waals surface area (Å²) < 4.78 is 11.7. The fourth-order valence-corrected chi connectivity index (χ4v) is 6.71. The van der Waals surface area contributed by atoms with Crippen molar-refractivity contribution in [1.82, 2.24) is 25.3 Å². The number of hydrogen-bond acceptors (Lipinski definition) is 10. The molecule has 60 heavy (non-hydrogen) atoms. The van der Waals surface area contributed by atoms with Crippen molar-refractivity contribution in [2.75, 3.05) is 27.7 Å². The minimum Gasteiger partial charge on any atom is -0.456 e. The molecule has 10 atom stereocenters. The molecule has 1 aromatic carbocycles. The van der Waals surface area contributed by atoms with Gasteiger partial charge >= 0.3 is 11.9 Å². The highest BCUT2D eigenvalue weighted by atomic mass is 16.6. The Kier molecular flexibility index (Phi) is 20.2. The van der Waals surface area contributed by atoms with E-state index in [0.717, 1.165) is 5.56 Å². The molecule has 3 N–H and O–H groups in total. The third kappa shape index (κ3) is 13.7. The van der Waals surface area contributed by atoms with Crippen LogP contribution in [-0.4, -0.2) is 131 Å². The molecule has 0 aromatic heterocycles. The van der Waals surface area contributed by atoms with Crippen LogP contribution in [0, 0.1) is 17.8 Å². The summed E-state index contributed by atoms with van der Waals surface area (Å²) in [5.74, 6) is -6.05. The van der Waals surface area contributed by atoms with Crippen LogP contribution in [0.2, 0.25) is 0 Å². The van der Waals surface area contributed by atoms with E-state index in [0.29, 0.717) is 18.4 Å². The van der Waals surface area contributed by atoms with E-state index in [2.05, 4.69) is 10.6 Å². The van der Waals surface area contributed by atoms with Crippen molar-refractivity contribution in [2.45, 2.75) is 137 Å². The van der Waals surface area contributed by atoms with Crippen molar-refractivity contribution < 1.29 is 48.1 Å². The molecule has 0 unspecified atom stereocenters. The first kappa shape index (κ1) is 51.1. The van der Waals surface area contributed by atoms with Crippen molar-refractivity contribution in [2.24, 2.45) is 17.8 Å². The Balaban J connectivity index is 2.67. The van der Waals surface area contributed by atoms with Crippen LogP contribution < -0.4 is 10.6 Å². The number of likely N-dealkylation sites (N-methyl/N-ethyl adjacent to an activating group) is 3. The molecular formula is C45H69N5O10. The average Bonchev–Trinajstić information content (AvgIpc) is 3.24. The first-order valence-electron chi connectivity index (χ1n) is 20.9. The Morgan fingerprint density at radius 1 is 0.867 bits per heavy atom. The van der Waals surface area contributed by atoms with Gasteiger partial charge in [-0.25, -0.2) is 9.59 Å². The summed E-state index contributed by atoms with van der Waals surface area (Å²) in [6, 6.07) is 4.61. The number of benzene rings is 1. The molecular weight excluding hydrogens is 771 g/mol. The molecule has 0 aliphatic carbocycles. The predicted octanol–water partition coefficient (Wildman–Crippen LogP) is 3.58. The van der Waals surface area contributed by atoms with Gasteiger partial charge in [-0.15, -0.1) is 0 Å². The number of rotatable bonds is 7. The molecule has 15 nitrogen and oxygen atoms in total. The van der Waals surface area contributed by atoms with E-state index in [-0.39, 0.29) is 24.3 Å². The van der Waals surface area contributed by atoms with Crippen LogP contribution in [0.5, 0.6) is 0 Å². The number of nitrogens with one attached hydrogen (secondary N) is 2. The number of cyclic esters (lactones) is 2. The molecule has 1 heterocycles. The van der Waals surface area contributed by atoms with Crippen LogP contribution in [0.3, 0.4) is 0 Å². The number of allylic oxidation sites excluding steroid dienone is 1. The summed E-state index contributed by atoms with van der Waals surface area (Å²) in [5.41, 5.74) is 1.52. The predicted molar refractivity (Wildman–Crippen MR) is 228 cm³/mol. The Morgan fingerprint density at radius 3 is 2.03 bits per heavy atom. The van der Waals surface area contributed by atoms with Gasteiger partial charge in [0.1, 0.15) is 30.3 Å². The first-order chi connectivity index (χ1) is 28.1. The van der Waals surface area contributed by atoms with Crippen LogP contribution in [0.25, 0.3) is 0 Å². The zero-order valence-corrected chi connectivity index (χ0v) is 37.8. The Hall–Kier alpha value is -5.05. The van der Waals surface area contributed by atoms with Crippen molar-refractivity contribution >= 4 is 41.5 Å². The maximum atomic E-state index is 14.2. The first-order valence-corrected chi connectivity index (χ1v) is 20.9. The Bertz CT molecular complexity index is 1730. The molecule has 0 saturated heterocycles. The number of aliphatic hydroxyl groups excluding tert-OH is 1. The van der Waals surface area contributed by atoms with Crippen LogP contribution >= 0.6 is 0 Å². The van der Waals surface area contributed by atoms with Gasteiger partial charge < -0.3 is 39.9 Å². The van der Waals surface area contributed by atoms with Gasteiger partial charge in [0.15, 0.2) is 6.10 Å². The molecule has 0 radical (unpaired) electrons. The fraction of sp³-hybridized carbons (Fsp3) is 0.622. The highest BCUT2D eigenvalue weighted by Gasteiger charge is 2.38. The maximum Gasteiger partial charge on any atom is 0.334 e. The quantitative estimate of drug-likeness (QED) is 0.270. The number of esters is 2. The van der Waals surface area contributed by atoms with Gasteiger partial charge in [-0.2, -0.15) is 0 Å². The molecule has 5 amide bonds. The fourth-order valence-electron chi connectivity index (χ4n) is 6.71. The smallest absolute Gasteiger partial charge is 0.334 e. The summed E-state index contributed by atoms with van der Waals surface area (Å²) >= 11 is 0. The Morgan fingerprint density at radius 2 is 1.47 bits per heavy atom. The second-order valence-corrected chi connectivity index (χ2v) is 16.3. The lowest BCUT2D eigenvalue weighted by Gasteiger charge is -2.34. The molecule has 0 saturated carbocycles. The number of aliphatic hydroxyl groups is 1. The van der Waals surface area contributed by atoms with E-state index in [9.17, 15) is 38.7 Å². The van der Waals surface area contributed by atoms with Crippen molar-refractivity contribution in [1.29, 1.82) is 0 Å². The van der Waals surface area contributed by atoms with E-state index in [1.807, 2.05) is 19.9 Å². The molecule has 334 valence electrons. The highest BCUT2D eigenvalue weighted by Crippen LogP contribution is 2.25. The third-order valence-electron chi connectivity index (χ3n) is 11.8. The lowest BCUT2D eigenvalue weighted by atomic mass is 9.90. The molecule has 2 rings (SSSR count). The number of amides is 5. The van der Waals surface area contributed by atoms with E-state index in [1.165, 1.54) is 62.7 Å². The zero-order chi connectivity index (χ0) is 45.6. The van der Waals surface area contributed by atoms with E-state index >= 15 is 0 Å². The van der Waals surface area contributed by atoms with Crippen molar-refractivity contribution in [3.63, 3.8) is 0 Å². The summed E-state index contributed by atoms with van der Waals surface area (Å²) in [5, 5.41) is 16.7. The number of hydrogen-bond donors (Lipinski definition) is 3. The lowest BCUT2D eigenvalue weighted by Crippen LogP contribution is -2.58. The molecule has 1 aliphatic heterocycles. The molecule has 0 fully saturated rings. The normalized spacial score (nSPS) is 29.2. The number of ether oxygens (including phenoxy) is 2. The van der Waals surface area contributed by atoms with Crippen molar-refractivity contribution in [3.8, 4) is 0 Å². The van der Waals surface area contributed by atoms with E-state index < -0.39 is 102 Å². The monoisotopic (exact) mass is 840 g/mol. The third-order valence-corrected chi connectivity index (χ3v) is 11.8. The molecule has 0 bridgehead atoms. The maximum absolute atomic E-state index is 14.2. The minimum absolute atomic E-state index is 0.0203. The number of carbonyl (C=O) groups is 7. The number of nitrogens with zero attached hydrogens (tertiary/aromatic N) is 3. The SMILES string of the molecule is C/C=C(\C)[C@@H]1OC(=O)[C@H](C)N(C)C(=O)[C@H]([C@@H](C)CC)NC(=O)CN(C)C(=O)[C@H](Cc2ccccc2)N(C)C(=O)[C@H](C)NC(=O)[C@@H]([C@@H](C)CC)OC(=O)/C(C)=C/C[C@H](O)[C@@H]1C. The van der Waals surface area contributed by atoms with E-state index in [4.69, 9.17) is 9.47 Å². The van der Waals surface area contributed by atoms with Crippen LogP contribution in [0.4, 0.5) is 0 Å². The van der Waals surface area contributed by atoms with Gasteiger partial charge in [0.2, 0.25) is 23.6 Å². The topological polar surface area (TPSA) is 192 Å². The second kappa shape index (κ2) is 23.7. The van der Waals surface area contributed by atoms with Crippen molar-refractivity contribution in [3.05, 3.63) is 59.2 Å². The van der Waals surface area contributed by atoms with Gasteiger partial charge in [0, 0.05) is 45.0 Å². The average molecular weight is 840 g/mol. The lowest BCUT2D eigenvalue weighted by molar-refractivity contribution is -0.160. The van der Waals surface area contributed by atoms with Gasteiger partial charge in [-0.05, 0) is 64.5 Å². The molecule has 0 spiro atoms. The Labute approximate surface area is 356 Å².